The van der Waals surface area contributed by atoms with Crippen LogP contribution >= 0.6 is 0 Å². The van der Waals surface area contributed by atoms with Crippen molar-refractivity contribution >= 4 is 5.91 Å². The van der Waals surface area contributed by atoms with Crippen LogP contribution in [0.3, 0.4) is 0 Å². The zero-order valence-corrected chi connectivity index (χ0v) is 9.57. The van der Waals surface area contributed by atoms with Crippen molar-refractivity contribution in [2.75, 3.05) is 13.1 Å². The van der Waals surface area contributed by atoms with Gasteiger partial charge in [-0.05, 0) is 33.1 Å². The number of carbonyl (C=O) groups is 1. The minimum Gasteiger partial charge on any atom is -0.389 e. The summed E-state index contributed by atoms with van der Waals surface area (Å²) in [5, 5.41) is 13.7. The summed E-state index contributed by atoms with van der Waals surface area (Å²) in [6, 6.07) is 0.552. The van der Waals surface area contributed by atoms with Crippen LogP contribution in [0, 0.1) is 0 Å². The molecule has 0 unspecified atom stereocenters. The predicted octanol–water partition coefficient (Wildman–Crippen LogP) is 0.759. The van der Waals surface area contributed by atoms with Crippen LogP contribution in [0.1, 0.15) is 39.5 Å². The van der Waals surface area contributed by atoms with E-state index in [0.717, 1.165) is 13.0 Å². The van der Waals surface area contributed by atoms with Crippen molar-refractivity contribution in [2.45, 2.75) is 51.2 Å². The van der Waals surface area contributed by atoms with Crippen molar-refractivity contribution in [1.29, 1.82) is 0 Å². The molecule has 15 heavy (non-hydrogen) atoms. The van der Waals surface area contributed by atoms with Gasteiger partial charge in [-0.2, -0.15) is 0 Å². The van der Waals surface area contributed by atoms with E-state index in [0.29, 0.717) is 19.0 Å². The molecule has 0 spiro atoms. The molecular formula is C11H20N2O2. The van der Waals surface area contributed by atoms with Gasteiger partial charge in [0, 0.05) is 19.0 Å². The summed E-state index contributed by atoms with van der Waals surface area (Å²) in [5.41, 5.74) is -0.805. The lowest BCUT2D eigenvalue weighted by Crippen LogP contribution is -2.55. The molecule has 4 nitrogen and oxygen atoms in total. The molecule has 1 heterocycles. The first kappa shape index (κ1) is 10.9. The molecular weight excluding hydrogens is 192 g/mol. The van der Waals surface area contributed by atoms with Crippen LogP contribution in [0.25, 0.3) is 0 Å². The van der Waals surface area contributed by atoms with E-state index < -0.39 is 5.60 Å². The first-order valence-corrected chi connectivity index (χ1v) is 5.77. The van der Waals surface area contributed by atoms with Gasteiger partial charge in [0.15, 0.2) is 0 Å². The molecule has 1 amide bonds. The third kappa shape index (κ3) is 2.69. The van der Waals surface area contributed by atoms with Crippen molar-refractivity contribution < 1.29 is 9.90 Å². The van der Waals surface area contributed by atoms with Gasteiger partial charge in [-0.25, -0.2) is 5.01 Å². The molecule has 0 bridgehead atoms. The van der Waals surface area contributed by atoms with E-state index in [1.165, 1.54) is 12.8 Å². The number of rotatable bonds is 3. The fourth-order valence-corrected chi connectivity index (χ4v) is 2.08. The number of β-amino-alcohol motifs (C(OH)–C–C–N with tert-alkyl or cyclic N) is 1. The highest BCUT2D eigenvalue weighted by Crippen LogP contribution is 2.31. The standard InChI is InChI=1S/C11H20N2O2/c1-11(2,15)8-13-10(14)4-3-7-12(13)9-5-6-9/h9,15H,3-8H2,1-2H3. The lowest BCUT2D eigenvalue weighted by atomic mass is 10.1. The summed E-state index contributed by atoms with van der Waals surface area (Å²) in [5.74, 6) is 0.162. The maximum absolute atomic E-state index is 11.8. The smallest absolute Gasteiger partial charge is 0.237 e. The van der Waals surface area contributed by atoms with Crippen molar-refractivity contribution in [1.82, 2.24) is 10.0 Å². The van der Waals surface area contributed by atoms with Gasteiger partial charge < -0.3 is 5.11 Å². The Bertz CT molecular complexity index is 256. The monoisotopic (exact) mass is 212 g/mol. The van der Waals surface area contributed by atoms with Gasteiger partial charge in [-0.3, -0.25) is 9.80 Å². The van der Waals surface area contributed by atoms with Gasteiger partial charge in [0.1, 0.15) is 0 Å². The van der Waals surface area contributed by atoms with Crippen LogP contribution in [-0.2, 0) is 4.79 Å². The molecule has 2 fully saturated rings. The molecule has 0 aromatic carbocycles. The predicted molar refractivity (Wildman–Crippen MR) is 57.0 cm³/mol. The van der Waals surface area contributed by atoms with Gasteiger partial charge in [0.2, 0.25) is 5.91 Å². The molecule has 1 saturated heterocycles. The third-order valence-corrected chi connectivity index (χ3v) is 2.88. The van der Waals surface area contributed by atoms with Crippen molar-refractivity contribution in [2.24, 2.45) is 0 Å². The van der Waals surface area contributed by atoms with E-state index in [9.17, 15) is 9.90 Å². The molecule has 1 aliphatic carbocycles. The highest BCUT2D eigenvalue weighted by molar-refractivity contribution is 5.76. The molecule has 0 atom stereocenters. The van der Waals surface area contributed by atoms with Gasteiger partial charge in [-0.1, -0.05) is 0 Å². The topological polar surface area (TPSA) is 43.8 Å². The molecule has 1 saturated carbocycles. The van der Waals surface area contributed by atoms with Crippen molar-refractivity contribution in [3.8, 4) is 0 Å². The normalized spacial score (nSPS) is 24.7. The summed E-state index contributed by atoms with van der Waals surface area (Å²) in [6.07, 6.45) is 3.96. The average molecular weight is 212 g/mol. The minimum absolute atomic E-state index is 0.162. The lowest BCUT2D eigenvalue weighted by molar-refractivity contribution is -0.164. The van der Waals surface area contributed by atoms with E-state index in [1.54, 1.807) is 18.9 Å². The number of amides is 1. The molecule has 2 rings (SSSR count). The number of hydrogen-bond acceptors (Lipinski definition) is 3. The molecule has 0 aromatic rings. The number of nitrogens with zero attached hydrogens (tertiary/aromatic N) is 2. The highest BCUT2D eigenvalue weighted by Gasteiger charge is 2.38. The SMILES string of the molecule is CC(C)(O)CN1C(=O)CCCN1C1CC1. The summed E-state index contributed by atoms with van der Waals surface area (Å²) < 4.78 is 0. The molecule has 0 aromatic heterocycles. The van der Waals surface area contributed by atoms with Crippen LogP contribution < -0.4 is 0 Å². The van der Waals surface area contributed by atoms with Crippen molar-refractivity contribution in [3.63, 3.8) is 0 Å². The van der Waals surface area contributed by atoms with E-state index in [-0.39, 0.29) is 5.91 Å². The second-order valence-corrected chi connectivity index (χ2v) is 5.26. The fourth-order valence-electron chi connectivity index (χ4n) is 2.08. The molecule has 86 valence electrons. The zero-order chi connectivity index (χ0) is 11.1. The Morgan fingerprint density at radius 2 is 2.13 bits per heavy atom. The first-order valence-electron chi connectivity index (χ1n) is 5.77. The summed E-state index contributed by atoms with van der Waals surface area (Å²) >= 11 is 0. The summed E-state index contributed by atoms with van der Waals surface area (Å²) in [6.45, 7) is 4.88. The molecule has 4 heteroatoms. The van der Waals surface area contributed by atoms with Crippen LogP contribution in [0.4, 0.5) is 0 Å². The van der Waals surface area contributed by atoms with Crippen molar-refractivity contribution in [3.05, 3.63) is 0 Å². The fraction of sp³-hybridized carbons (Fsp3) is 0.909. The van der Waals surface area contributed by atoms with Crippen LogP contribution in [0.2, 0.25) is 0 Å². The minimum atomic E-state index is -0.805. The van der Waals surface area contributed by atoms with Gasteiger partial charge in [-0.15, -0.1) is 0 Å². The Kier molecular flexibility index (Phi) is 2.73. The Morgan fingerprint density at radius 3 is 2.67 bits per heavy atom. The molecule has 1 aliphatic heterocycles. The van der Waals surface area contributed by atoms with E-state index in [2.05, 4.69) is 5.01 Å². The summed E-state index contributed by atoms with van der Waals surface area (Å²) in [4.78, 5) is 11.8. The molecule has 1 N–H and O–H groups in total. The zero-order valence-electron chi connectivity index (χ0n) is 9.57. The Hall–Kier alpha value is -0.610. The van der Waals surface area contributed by atoms with E-state index in [1.807, 2.05) is 0 Å². The lowest BCUT2D eigenvalue weighted by Gasteiger charge is -2.41. The quantitative estimate of drug-likeness (QED) is 0.751. The molecule has 2 aliphatic rings. The molecule has 0 radical (unpaired) electrons. The van der Waals surface area contributed by atoms with Crippen LogP contribution in [-0.4, -0.2) is 45.8 Å². The van der Waals surface area contributed by atoms with E-state index >= 15 is 0 Å². The maximum atomic E-state index is 11.8. The highest BCUT2D eigenvalue weighted by atomic mass is 16.3. The average Bonchev–Trinajstić information content (AvgIpc) is 2.89. The number of carbonyl (C=O) groups excluding carboxylic acids is 1. The third-order valence-electron chi connectivity index (χ3n) is 2.88. The first-order chi connectivity index (χ1) is 6.97. The Balaban J connectivity index is 2.04. The van der Waals surface area contributed by atoms with Crippen LogP contribution in [0.15, 0.2) is 0 Å². The second kappa shape index (κ2) is 3.76. The number of hydrogen-bond donors (Lipinski definition) is 1. The van der Waals surface area contributed by atoms with Gasteiger partial charge >= 0.3 is 0 Å². The Labute approximate surface area is 90.8 Å². The maximum Gasteiger partial charge on any atom is 0.237 e. The Morgan fingerprint density at radius 1 is 1.47 bits per heavy atom. The van der Waals surface area contributed by atoms with Gasteiger partial charge in [0.05, 0.1) is 12.1 Å². The summed E-state index contributed by atoms with van der Waals surface area (Å²) in [7, 11) is 0. The number of hydrazine groups is 1. The van der Waals surface area contributed by atoms with E-state index in [4.69, 9.17) is 0 Å². The largest absolute Gasteiger partial charge is 0.389 e. The van der Waals surface area contributed by atoms with Crippen LogP contribution in [0.5, 0.6) is 0 Å². The second-order valence-electron chi connectivity index (χ2n) is 5.26. The van der Waals surface area contributed by atoms with Gasteiger partial charge in [0.25, 0.3) is 0 Å². The number of aliphatic hydroxyl groups is 1.